The minimum atomic E-state index is 0.0203. The number of piperidine rings is 3. The van der Waals surface area contributed by atoms with Gasteiger partial charge in [0, 0.05) is 231 Å². The zero-order chi connectivity index (χ0) is 77.5. The SMILES string of the molecule is CN1CCC2(CC1)COCCN2.CN1CCC2(CCCC2)CC1.CN1CCC2(CCNC2=O)CC1.CN1CCN2C(=O)CCC2C1.CN1CCN2C(=O)CCC2C1.CN1CCN2CCCC2C1.CN1CCN2CCOCC2C1.CN1CCN2CCOC[C@@H]2C1.CN1CCN2CCOC[C@H]2C1.CN1C[C@H]2NCCO[C@@H]2C1. The van der Waals surface area contributed by atoms with E-state index < -0.39 is 0 Å². The number of hydrogen-bond donors (Lipinski definition) is 3. The van der Waals surface area contributed by atoms with Crippen LogP contribution in [0.2, 0.25) is 0 Å². The molecule has 27 nitrogen and oxygen atoms in total. The minimum Gasteiger partial charge on any atom is -0.378 e. The highest BCUT2D eigenvalue weighted by Crippen LogP contribution is 2.46. The van der Waals surface area contributed by atoms with Crippen LogP contribution in [0.1, 0.15) is 109 Å². The van der Waals surface area contributed by atoms with Crippen LogP contribution in [0.5, 0.6) is 0 Å². The Morgan fingerprint density at radius 2 is 0.773 bits per heavy atom. The van der Waals surface area contributed by atoms with Gasteiger partial charge in [-0.2, -0.15) is 0 Å². The highest BCUT2D eigenvalue weighted by molar-refractivity contribution is 5.84. The zero-order valence-corrected chi connectivity index (χ0v) is 71.3. The molecule has 4 unspecified atom stereocenters. The normalized spacial score (nSPS) is 33.9. The van der Waals surface area contributed by atoms with Crippen molar-refractivity contribution in [1.29, 1.82) is 0 Å². The van der Waals surface area contributed by atoms with Crippen molar-refractivity contribution in [2.24, 2.45) is 10.8 Å². The molecule has 3 N–H and O–H groups in total. The van der Waals surface area contributed by atoms with Gasteiger partial charge in [-0.25, -0.2) is 0 Å². The van der Waals surface area contributed by atoms with Crippen molar-refractivity contribution in [3.8, 4) is 0 Å². The molecule has 19 heterocycles. The number of ether oxygens (including phenoxy) is 5. The summed E-state index contributed by atoms with van der Waals surface area (Å²) in [4.78, 5) is 72.0. The Morgan fingerprint density at radius 1 is 0.336 bits per heavy atom. The van der Waals surface area contributed by atoms with Crippen LogP contribution in [0.25, 0.3) is 0 Å². The summed E-state index contributed by atoms with van der Waals surface area (Å²) in [6, 6.07) is 4.56. The molecule has 8 atom stereocenters. The average molecular weight is 1550 g/mol. The second kappa shape index (κ2) is 44.4. The molecule has 0 aromatic heterocycles. The first-order valence-corrected chi connectivity index (χ1v) is 44.3. The van der Waals surface area contributed by atoms with Crippen molar-refractivity contribution in [1.82, 2.24) is 94.3 Å². The predicted molar refractivity (Wildman–Crippen MR) is 439 cm³/mol. The van der Waals surface area contributed by atoms with Gasteiger partial charge in [-0.1, -0.05) is 12.8 Å². The maximum absolute atomic E-state index is 11.5. The summed E-state index contributed by atoms with van der Waals surface area (Å²) in [5, 5.41) is 9.99. The van der Waals surface area contributed by atoms with Gasteiger partial charge < -0.3 is 98.4 Å². The molecular formula is C83H159N19O8. The lowest BCUT2D eigenvalue weighted by molar-refractivity contribution is -0.131. The molecule has 20 aliphatic rings. The van der Waals surface area contributed by atoms with Crippen LogP contribution < -0.4 is 16.0 Å². The summed E-state index contributed by atoms with van der Waals surface area (Å²) in [5.41, 5.74) is 1.16. The number of carbonyl (C=O) groups excluding carboxylic acids is 3. The van der Waals surface area contributed by atoms with Gasteiger partial charge in [0.2, 0.25) is 17.7 Å². The first kappa shape index (κ1) is 88.4. The van der Waals surface area contributed by atoms with Crippen molar-refractivity contribution in [3.63, 3.8) is 0 Å². The number of carbonyl (C=O) groups is 3. The van der Waals surface area contributed by atoms with Crippen LogP contribution in [-0.2, 0) is 38.1 Å². The van der Waals surface area contributed by atoms with Gasteiger partial charge in [0.05, 0.1) is 71.0 Å². The molecule has 20 rings (SSSR count). The summed E-state index contributed by atoms with van der Waals surface area (Å²) >= 11 is 0. The lowest BCUT2D eigenvalue weighted by atomic mass is 9.77. The average Bonchev–Trinajstić information content (AvgIpc) is 1.62. The van der Waals surface area contributed by atoms with Crippen molar-refractivity contribution in [2.75, 3.05) is 346 Å². The zero-order valence-electron chi connectivity index (χ0n) is 71.3. The topological polar surface area (TPSA) is 185 Å². The summed E-state index contributed by atoms with van der Waals surface area (Å²) in [7, 11) is 21.8. The predicted octanol–water partition coefficient (Wildman–Crippen LogP) is 0.990. The number of nitrogens with one attached hydrogen (secondary N) is 3. The van der Waals surface area contributed by atoms with E-state index in [0.717, 1.165) is 221 Å². The molecule has 27 heteroatoms. The second-order valence-electron chi connectivity index (χ2n) is 37.1. The molecule has 19 aliphatic heterocycles. The number of rotatable bonds is 0. The largest absolute Gasteiger partial charge is 0.378 e. The van der Waals surface area contributed by atoms with Gasteiger partial charge in [-0.05, 0) is 205 Å². The van der Waals surface area contributed by atoms with Crippen LogP contribution in [0.4, 0.5) is 0 Å². The van der Waals surface area contributed by atoms with Gasteiger partial charge in [0.1, 0.15) is 0 Å². The third-order valence-electron chi connectivity index (χ3n) is 28.5. The quantitative estimate of drug-likeness (QED) is 0.312. The number of piperazine rings is 6. The highest BCUT2D eigenvalue weighted by atomic mass is 16.5. The summed E-state index contributed by atoms with van der Waals surface area (Å²) in [6.45, 7) is 46.4. The van der Waals surface area contributed by atoms with E-state index in [1.54, 1.807) is 0 Å². The lowest BCUT2D eigenvalue weighted by Gasteiger charge is -2.43. The lowest BCUT2D eigenvalue weighted by Crippen LogP contribution is -2.59. The standard InChI is InChI=1S/C10H19N.C9H18N2O.C9H16N2O.3C8H16N2O.2C8H14N2O.C8H16N2.C7H14N2O/c1-11-8-6-10(7-9-11)4-2-3-5-10;1-11-5-2-9(3-6-11)8-12-7-4-10-9;1-11-6-3-9(4-7-11)2-5-10-8(9)12;3*1-9-2-3-10-4-5-11-7-8(10)6-9;2*1-9-4-5-10-7(6-9)2-3-8(10)11;1-9-5-6-10-4-2-3-8(10)7-9;1-9-4-6-7(5-9)10-3-2-8-6/h2-9H2,1H3;10H,2-8H2,1H3;2-7H2,1H3,(H,10,12);3*8H,2-7H2,1H3;2*7H,2-6H2,1H3;8H,2-7H2,1H3;6-8H,2-5H2,1H3/t;;;2*8-;;;;;6-,7-/m...10....1/s1. The van der Waals surface area contributed by atoms with E-state index in [0.29, 0.717) is 65.6 Å². The molecule has 0 bridgehead atoms. The maximum Gasteiger partial charge on any atom is 0.226 e. The third-order valence-corrected chi connectivity index (χ3v) is 28.5. The Labute approximate surface area is 666 Å². The van der Waals surface area contributed by atoms with E-state index >= 15 is 0 Å². The molecule has 0 aromatic carbocycles. The number of hydrogen-bond acceptors (Lipinski definition) is 24. The van der Waals surface area contributed by atoms with E-state index in [1.165, 1.54) is 175 Å². The summed E-state index contributed by atoms with van der Waals surface area (Å²) in [6.07, 6.45) is 21.7. The number of nitrogens with zero attached hydrogens (tertiary/aromatic N) is 16. The Bertz CT molecular complexity index is 2530. The van der Waals surface area contributed by atoms with E-state index in [1.807, 2.05) is 9.80 Å². The van der Waals surface area contributed by atoms with Crippen LogP contribution in [0, 0.1) is 10.8 Å². The molecular weight excluding hydrogens is 1390 g/mol. The summed E-state index contributed by atoms with van der Waals surface area (Å²) < 4.78 is 27.3. The van der Waals surface area contributed by atoms with Gasteiger partial charge >= 0.3 is 0 Å². The Morgan fingerprint density at radius 3 is 1.22 bits per heavy atom. The van der Waals surface area contributed by atoms with Crippen LogP contribution >= 0.6 is 0 Å². The molecule has 19 saturated heterocycles. The number of morpholine rings is 5. The van der Waals surface area contributed by atoms with Gasteiger partial charge in [-0.3, -0.25) is 34.0 Å². The Balaban J connectivity index is 0.000000121. The number of likely N-dealkylation sites (tertiary alicyclic amines) is 4. The molecule has 20 fully saturated rings. The van der Waals surface area contributed by atoms with Crippen molar-refractivity contribution in [2.45, 2.75) is 163 Å². The van der Waals surface area contributed by atoms with Crippen molar-refractivity contribution < 1.29 is 38.1 Å². The second-order valence-corrected chi connectivity index (χ2v) is 37.1. The number of fused-ring (bicyclic) bond motifs is 7. The third kappa shape index (κ3) is 26.8. The smallest absolute Gasteiger partial charge is 0.226 e. The Hall–Kier alpha value is -2.43. The molecule has 3 amide bonds. The minimum absolute atomic E-state index is 0.0203. The first-order chi connectivity index (χ1) is 53.2. The van der Waals surface area contributed by atoms with Crippen molar-refractivity contribution in [3.05, 3.63) is 0 Å². The van der Waals surface area contributed by atoms with Gasteiger partial charge in [-0.15, -0.1) is 0 Å². The fourth-order valence-electron chi connectivity index (χ4n) is 20.7. The van der Waals surface area contributed by atoms with E-state index in [2.05, 4.69) is 155 Å². The molecule has 110 heavy (non-hydrogen) atoms. The van der Waals surface area contributed by atoms with Crippen LogP contribution in [-0.4, -0.2) is 496 Å². The van der Waals surface area contributed by atoms with Crippen LogP contribution in [0.3, 0.4) is 0 Å². The first-order valence-electron chi connectivity index (χ1n) is 44.3. The molecule has 3 spiro atoms. The van der Waals surface area contributed by atoms with E-state index in [9.17, 15) is 14.4 Å². The number of likely N-dealkylation sites (N-methyl/N-ethyl adjacent to an activating group) is 7. The molecule has 634 valence electrons. The molecule has 1 aliphatic carbocycles. The fraction of sp³-hybridized carbons (Fsp3) is 0.964. The Kier molecular flexibility index (Phi) is 35.7. The molecule has 1 saturated carbocycles. The van der Waals surface area contributed by atoms with E-state index in [-0.39, 0.29) is 5.41 Å². The van der Waals surface area contributed by atoms with Gasteiger partial charge in [0.25, 0.3) is 0 Å². The summed E-state index contributed by atoms with van der Waals surface area (Å²) in [5.74, 6) is 1.03. The van der Waals surface area contributed by atoms with Crippen LogP contribution in [0.15, 0.2) is 0 Å². The highest BCUT2D eigenvalue weighted by Gasteiger charge is 2.45. The monoisotopic (exact) mass is 1550 g/mol. The molecule has 0 radical (unpaired) electrons. The maximum atomic E-state index is 11.5. The van der Waals surface area contributed by atoms with Crippen molar-refractivity contribution >= 4 is 17.7 Å². The number of amides is 3. The van der Waals surface area contributed by atoms with E-state index in [4.69, 9.17) is 23.7 Å². The molecule has 0 aromatic rings. The fourth-order valence-corrected chi connectivity index (χ4v) is 20.7. The van der Waals surface area contributed by atoms with Gasteiger partial charge in [0.15, 0.2) is 0 Å².